The van der Waals surface area contributed by atoms with Crippen LogP contribution in [0.25, 0.3) is 0 Å². The number of nitrogens with zero attached hydrogens (tertiary/aromatic N) is 1. The highest BCUT2D eigenvalue weighted by atomic mass is 16.5. The lowest BCUT2D eigenvalue weighted by Gasteiger charge is -2.33. The molecule has 9 nitrogen and oxygen atoms in total. The van der Waals surface area contributed by atoms with Crippen LogP contribution in [-0.2, 0) is 19.8 Å². The van der Waals surface area contributed by atoms with Crippen LogP contribution in [0.15, 0.2) is 24.3 Å². The first-order chi connectivity index (χ1) is 17.5. The van der Waals surface area contributed by atoms with E-state index in [0.29, 0.717) is 17.6 Å². The van der Waals surface area contributed by atoms with Crippen molar-refractivity contribution in [3.8, 4) is 5.75 Å². The molecule has 1 aromatic rings. The van der Waals surface area contributed by atoms with E-state index in [1.165, 1.54) is 6.42 Å². The highest BCUT2D eigenvalue weighted by Gasteiger charge is 2.68. The Morgan fingerprint density at radius 3 is 2.30 bits per heavy atom. The largest absolute Gasteiger partial charge is 0.481 e. The van der Waals surface area contributed by atoms with Crippen molar-refractivity contribution in [1.82, 2.24) is 4.90 Å². The molecule has 0 bridgehead atoms. The van der Waals surface area contributed by atoms with E-state index in [-0.39, 0.29) is 5.41 Å². The Hall–Kier alpha value is -2.49. The number of fused-ring (bicyclic) bond motifs is 1. The Labute approximate surface area is 217 Å². The summed E-state index contributed by atoms with van der Waals surface area (Å²) in [5, 5.41) is 39.2. The third-order valence-electron chi connectivity index (χ3n) is 8.99. The summed E-state index contributed by atoms with van der Waals surface area (Å²) in [6.07, 6.45) is 5.89. The molecule has 0 aromatic heterocycles. The number of carbonyl (C=O) groups is 3. The van der Waals surface area contributed by atoms with Crippen molar-refractivity contribution >= 4 is 17.9 Å². The maximum atomic E-state index is 12.6. The number of benzene rings is 1. The van der Waals surface area contributed by atoms with Crippen molar-refractivity contribution < 1.29 is 39.5 Å². The smallest absolute Gasteiger partial charge is 0.336 e. The van der Waals surface area contributed by atoms with Gasteiger partial charge in [0.25, 0.3) is 0 Å². The van der Waals surface area contributed by atoms with Crippen molar-refractivity contribution in [1.29, 1.82) is 0 Å². The highest BCUT2D eigenvalue weighted by molar-refractivity contribution is 5.89. The molecular formula is C28H39NO8. The molecule has 2 aliphatic carbocycles. The van der Waals surface area contributed by atoms with E-state index in [1.54, 1.807) is 12.1 Å². The molecule has 2 saturated carbocycles. The van der Waals surface area contributed by atoms with Crippen molar-refractivity contribution in [2.45, 2.75) is 87.7 Å². The number of esters is 1. The van der Waals surface area contributed by atoms with Gasteiger partial charge in [-0.3, -0.25) is 9.59 Å². The van der Waals surface area contributed by atoms with E-state index in [0.717, 1.165) is 70.1 Å². The van der Waals surface area contributed by atoms with Crippen molar-refractivity contribution in [3.63, 3.8) is 0 Å². The van der Waals surface area contributed by atoms with Gasteiger partial charge in [0.2, 0.25) is 0 Å². The molecule has 37 heavy (non-hydrogen) atoms. The summed E-state index contributed by atoms with van der Waals surface area (Å²) >= 11 is 0. The van der Waals surface area contributed by atoms with E-state index in [9.17, 15) is 29.7 Å². The van der Waals surface area contributed by atoms with Crippen LogP contribution in [0.2, 0.25) is 0 Å². The molecule has 1 aromatic carbocycles. The molecule has 4 N–H and O–H groups in total. The lowest BCUT2D eigenvalue weighted by atomic mass is 9.81. The zero-order valence-electron chi connectivity index (χ0n) is 21.5. The fourth-order valence-corrected chi connectivity index (χ4v) is 7.01. The molecule has 1 saturated heterocycles. The van der Waals surface area contributed by atoms with Crippen LogP contribution in [-0.4, -0.2) is 74.1 Å². The van der Waals surface area contributed by atoms with E-state index >= 15 is 0 Å². The summed E-state index contributed by atoms with van der Waals surface area (Å²) in [5.74, 6) is -3.13. The van der Waals surface area contributed by atoms with Crippen molar-refractivity contribution in [2.75, 3.05) is 19.6 Å². The maximum Gasteiger partial charge on any atom is 0.336 e. The number of aliphatic hydroxyl groups is 2. The number of para-hydroxylation sites is 1. The number of carboxylic acids is 2. The fraction of sp³-hybridized carbons (Fsp3) is 0.679. The number of aliphatic carboxylic acids is 2. The summed E-state index contributed by atoms with van der Waals surface area (Å²) < 4.78 is 5.54. The number of ether oxygens (including phenoxy) is 1. The van der Waals surface area contributed by atoms with Crippen molar-refractivity contribution in [3.05, 3.63) is 29.8 Å². The Bertz CT molecular complexity index is 1010. The predicted molar refractivity (Wildman–Crippen MR) is 134 cm³/mol. The van der Waals surface area contributed by atoms with Crippen LogP contribution in [0, 0.1) is 11.8 Å². The third kappa shape index (κ3) is 5.68. The molecule has 0 radical (unpaired) electrons. The molecule has 9 heteroatoms. The molecule has 204 valence electrons. The first-order valence-electron chi connectivity index (χ1n) is 13.5. The summed E-state index contributed by atoms with van der Waals surface area (Å²) in [6.45, 7) is 4.96. The van der Waals surface area contributed by atoms with Crippen LogP contribution in [0.5, 0.6) is 5.75 Å². The summed E-state index contributed by atoms with van der Waals surface area (Å²) in [7, 11) is 0. The molecule has 0 spiro atoms. The molecule has 1 heterocycles. The molecule has 1 aliphatic heterocycles. The topological polar surface area (TPSA) is 145 Å². The number of carbonyl (C=O) groups excluding carboxylic acids is 1. The van der Waals surface area contributed by atoms with Gasteiger partial charge in [0.05, 0.1) is 18.4 Å². The third-order valence-corrected chi connectivity index (χ3v) is 8.99. The number of hydrogen-bond acceptors (Lipinski definition) is 7. The molecule has 3 fully saturated rings. The van der Waals surface area contributed by atoms with Crippen LogP contribution >= 0.6 is 0 Å². The van der Waals surface area contributed by atoms with Crippen LogP contribution < -0.4 is 4.74 Å². The van der Waals surface area contributed by atoms with Gasteiger partial charge in [-0.2, -0.15) is 0 Å². The molecular weight excluding hydrogens is 478 g/mol. The number of hydrogen-bond donors (Lipinski definition) is 4. The first kappa shape index (κ1) is 27.5. The second-order valence-electron chi connectivity index (χ2n) is 11.3. The van der Waals surface area contributed by atoms with Gasteiger partial charge in [-0.15, -0.1) is 0 Å². The Morgan fingerprint density at radius 2 is 1.70 bits per heavy atom. The van der Waals surface area contributed by atoms with Gasteiger partial charge >= 0.3 is 17.9 Å². The zero-order valence-corrected chi connectivity index (χ0v) is 21.5. The minimum absolute atomic E-state index is 0.140. The van der Waals surface area contributed by atoms with Gasteiger partial charge in [-0.25, -0.2) is 4.79 Å². The zero-order chi connectivity index (χ0) is 26.8. The average Bonchev–Trinajstić information content (AvgIpc) is 3.20. The van der Waals surface area contributed by atoms with Crippen molar-refractivity contribution in [2.24, 2.45) is 11.8 Å². The Kier molecular flexibility index (Phi) is 7.97. The van der Waals surface area contributed by atoms with Crippen LogP contribution in [0.3, 0.4) is 0 Å². The molecule has 3 aliphatic rings. The summed E-state index contributed by atoms with van der Waals surface area (Å²) in [6, 6.07) is 7.22. The van der Waals surface area contributed by atoms with E-state index in [4.69, 9.17) is 9.84 Å². The van der Waals surface area contributed by atoms with Gasteiger partial charge in [0.1, 0.15) is 5.75 Å². The minimum atomic E-state index is -2.73. The van der Waals surface area contributed by atoms with Gasteiger partial charge < -0.3 is 30.1 Å². The maximum absolute atomic E-state index is 12.6. The number of rotatable bonds is 12. The summed E-state index contributed by atoms with van der Waals surface area (Å²) in [5.41, 5.74) is -2.47. The van der Waals surface area contributed by atoms with Crippen LogP contribution in [0.1, 0.15) is 76.7 Å². The second-order valence-corrected chi connectivity index (χ2v) is 11.3. The molecule has 3 atom stereocenters. The fourth-order valence-electron chi connectivity index (χ4n) is 7.01. The van der Waals surface area contributed by atoms with Gasteiger partial charge in [-0.05, 0) is 56.6 Å². The Balaban J connectivity index is 1.38. The number of likely N-dealkylation sites (tertiary alicyclic amines) is 1. The summed E-state index contributed by atoms with van der Waals surface area (Å²) in [4.78, 5) is 37.5. The second kappa shape index (κ2) is 10.7. The van der Waals surface area contributed by atoms with E-state index in [2.05, 4.69) is 11.8 Å². The van der Waals surface area contributed by atoms with E-state index < -0.39 is 42.0 Å². The lowest BCUT2D eigenvalue weighted by Crippen LogP contribution is -2.43. The number of piperidine rings is 1. The highest BCUT2D eigenvalue weighted by Crippen LogP contribution is 2.66. The molecule has 4 rings (SSSR count). The quantitative estimate of drug-likeness (QED) is 0.243. The first-order valence-corrected chi connectivity index (χ1v) is 13.5. The average molecular weight is 518 g/mol. The predicted octanol–water partition coefficient (Wildman–Crippen LogP) is 2.96. The SMILES string of the molecule is CCC1(c2ccccc2OC(=O)CC(O)(CC(=O)O)C(=O)O)C2CN(CCCC3(O)CCCCC3)CC21. The van der Waals surface area contributed by atoms with Crippen LogP contribution in [0.4, 0.5) is 0 Å². The standard InChI is InChI=1S/C28H39NO8/c1-2-28(20-17-29(18-21(20)28)14-8-13-26(35)11-6-3-7-12-26)19-9-4-5-10-22(19)37-24(32)16-27(36,25(33)34)15-23(30)31/h4-5,9-10,20-21,35-36H,2-3,6-8,11-18H2,1H3,(H,30,31)(H,33,34). The van der Waals surface area contributed by atoms with Gasteiger partial charge in [0, 0.05) is 24.1 Å². The molecule has 3 unspecified atom stereocenters. The monoisotopic (exact) mass is 517 g/mol. The normalized spacial score (nSPS) is 28.2. The molecule has 0 amide bonds. The van der Waals surface area contributed by atoms with Gasteiger partial charge in [0.15, 0.2) is 5.60 Å². The lowest BCUT2D eigenvalue weighted by molar-refractivity contribution is -0.169. The van der Waals surface area contributed by atoms with Gasteiger partial charge in [-0.1, -0.05) is 44.4 Å². The number of carboxylic acid groups (broad SMARTS) is 2. The van der Waals surface area contributed by atoms with E-state index in [1.807, 2.05) is 12.1 Å². The Morgan fingerprint density at radius 1 is 1.05 bits per heavy atom. The minimum Gasteiger partial charge on any atom is -0.481 e.